The zero-order valence-electron chi connectivity index (χ0n) is 11.9. The van der Waals surface area contributed by atoms with Gasteiger partial charge in [0.1, 0.15) is 0 Å². The van der Waals surface area contributed by atoms with Crippen molar-refractivity contribution in [2.45, 2.75) is 31.0 Å². The lowest BCUT2D eigenvalue weighted by atomic mass is 10.0. The van der Waals surface area contributed by atoms with E-state index in [4.69, 9.17) is 0 Å². The number of rotatable bonds is 3. The zero-order valence-corrected chi connectivity index (χ0v) is 13.8. The first-order chi connectivity index (χ1) is 9.09. The average Bonchev–Trinajstić information content (AvgIpc) is 3.16. The van der Waals surface area contributed by atoms with E-state index in [0.717, 1.165) is 11.3 Å². The second-order valence-electron chi connectivity index (χ2n) is 6.29. The van der Waals surface area contributed by atoms with Crippen molar-refractivity contribution in [3.8, 4) is 0 Å². The van der Waals surface area contributed by atoms with Gasteiger partial charge in [0.05, 0.1) is 7.74 Å². The van der Waals surface area contributed by atoms with Crippen LogP contribution in [0, 0.1) is 0 Å². The largest absolute Gasteiger partial charge is 0.102 e. The van der Waals surface area contributed by atoms with Crippen LogP contribution in [-0.4, -0.2) is 7.74 Å². The van der Waals surface area contributed by atoms with Crippen molar-refractivity contribution in [2.24, 2.45) is 0 Å². The zero-order chi connectivity index (χ0) is 13.5. The molecular weight excluding hydrogens is 263 g/mol. The van der Waals surface area contributed by atoms with Crippen LogP contribution < -0.4 is 0 Å². The van der Waals surface area contributed by atoms with Crippen molar-refractivity contribution >= 4 is 15.2 Å². The maximum Gasteiger partial charge on any atom is 0.0735 e. The molecule has 98 valence electrons. The minimum Gasteiger partial charge on any atom is -0.102 e. The second-order valence-corrected chi connectivity index (χ2v) is 18.1. The lowest BCUT2D eigenvalue weighted by molar-refractivity contribution is 1.03. The fourth-order valence-corrected chi connectivity index (χ4v) is 13.7. The predicted octanol–water partition coefficient (Wildman–Crippen LogP) is 5.80. The van der Waals surface area contributed by atoms with Crippen molar-refractivity contribution in [1.29, 1.82) is 0 Å². The Bertz CT molecular complexity index is 499. The summed E-state index contributed by atoms with van der Waals surface area (Å²) in [4.78, 5) is 0. The van der Waals surface area contributed by atoms with Crippen LogP contribution >= 0.6 is 7.47 Å². The van der Waals surface area contributed by atoms with E-state index in [1.807, 2.05) is 0 Å². The van der Waals surface area contributed by atoms with E-state index < -0.39 is 7.74 Å². The predicted molar refractivity (Wildman–Crippen MR) is 88.6 cm³/mol. The minimum atomic E-state index is -1.05. The monoisotopic (exact) mass is 284 g/mol. The lowest BCUT2D eigenvalue weighted by Gasteiger charge is -2.16. The minimum absolute atomic E-state index is 0.168. The quantitative estimate of drug-likeness (QED) is 0.493. The summed E-state index contributed by atoms with van der Waals surface area (Å²) in [7, 11) is -0.882. The van der Waals surface area contributed by atoms with Crippen LogP contribution in [0.15, 0.2) is 60.7 Å². The molecule has 0 saturated carbocycles. The van der Waals surface area contributed by atoms with Gasteiger partial charge < -0.3 is 0 Å². The van der Waals surface area contributed by atoms with E-state index >= 15 is 0 Å². The van der Waals surface area contributed by atoms with Crippen LogP contribution in [-0.2, 0) is 0 Å². The molecule has 2 atom stereocenters. The Morgan fingerprint density at radius 1 is 0.684 bits per heavy atom. The van der Waals surface area contributed by atoms with E-state index in [2.05, 4.69) is 80.3 Å². The summed E-state index contributed by atoms with van der Waals surface area (Å²) >= 11 is 0. The molecule has 0 amide bonds. The molecule has 0 radical (unpaired) electrons. The van der Waals surface area contributed by atoms with Crippen LogP contribution in [0.1, 0.15) is 22.4 Å². The van der Waals surface area contributed by atoms with Crippen molar-refractivity contribution in [3.05, 3.63) is 71.8 Å². The maximum absolute atomic E-state index is 2.54. The van der Waals surface area contributed by atoms with E-state index in [1.165, 1.54) is 0 Å². The number of hydrogen-bond acceptors (Lipinski definition) is 0. The molecule has 0 unspecified atom stereocenters. The molecule has 2 aromatic carbocycles. The Kier molecular flexibility index (Phi) is 3.36. The topological polar surface area (TPSA) is 0 Å². The molecule has 1 aliphatic rings. The number of hydrogen-bond donors (Lipinski definition) is 0. The van der Waals surface area contributed by atoms with Crippen LogP contribution in [0.4, 0.5) is 0 Å². The first-order valence-electron chi connectivity index (χ1n) is 6.97. The summed E-state index contributed by atoms with van der Waals surface area (Å²) < 4.78 is 0. The smallest absolute Gasteiger partial charge is 0.0735 e. The third-order valence-corrected chi connectivity index (χ3v) is 13.8. The van der Waals surface area contributed by atoms with E-state index in [1.54, 1.807) is 11.1 Å². The molecule has 0 N–H and O–H groups in total. The molecule has 1 fully saturated rings. The van der Waals surface area contributed by atoms with Gasteiger partial charge in [0.25, 0.3) is 0 Å². The SMILES string of the molecule is C[Si](C)(C)P1[C@H](c2ccccc2)[C@H]1c1ccccc1. The summed E-state index contributed by atoms with van der Waals surface area (Å²) in [6, 6.07) is 22.3. The van der Waals surface area contributed by atoms with Gasteiger partial charge in [-0.2, -0.15) is 0 Å². The molecule has 3 rings (SSSR count). The summed E-state index contributed by atoms with van der Waals surface area (Å²) in [6.45, 7) is 7.62. The molecule has 2 aromatic rings. The first-order valence-corrected chi connectivity index (χ1v) is 12.8. The van der Waals surface area contributed by atoms with Crippen molar-refractivity contribution < 1.29 is 0 Å². The van der Waals surface area contributed by atoms with Crippen LogP contribution in [0.25, 0.3) is 0 Å². The molecule has 0 bridgehead atoms. The summed E-state index contributed by atoms with van der Waals surface area (Å²) in [5.41, 5.74) is 4.74. The van der Waals surface area contributed by atoms with Gasteiger partial charge in [-0.25, -0.2) is 0 Å². The van der Waals surface area contributed by atoms with Gasteiger partial charge in [0.2, 0.25) is 0 Å². The van der Waals surface area contributed by atoms with Gasteiger partial charge in [0.15, 0.2) is 0 Å². The number of benzene rings is 2. The summed E-state index contributed by atoms with van der Waals surface area (Å²) in [5, 5.41) is 0. The highest BCUT2D eigenvalue weighted by Gasteiger charge is 2.56. The first kappa shape index (κ1) is 13.1. The molecule has 1 aliphatic heterocycles. The Morgan fingerprint density at radius 3 is 1.37 bits per heavy atom. The Hall–Kier alpha value is -0.913. The van der Waals surface area contributed by atoms with Gasteiger partial charge in [-0.3, -0.25) is 0 Å². The Labute approximate surface area is 118 Å². The fourth-order valence-electron chi connectivity index (χ4n) is 3.05. The molecule has 1 heterocycles. The van der Waals surface area contributed by atoms with E-state index in [9.17, 15) is 0 Å². The summed E-state index contributed by atoms with van der Waals surface area (Å²) in [5.74, 6) is 0. The van der Waals surface area contributed by atoms with Gasteiger partial charge in [-0.1, -0.05) is 80.3 Å². The molecule has 0 spiro atoms. The fraction of sp³-hybridized carbons (Fsp3) is 0.294. The van der Waals surface area contributed by atoms with Gasteiger partial charge in [-0.15, -0.1) is 7.47 Å². The second kappa shape index (κ2) is 4.88. The van der Waals surface area contributed by atoms with E-state index in [0.29, 0.717) is 0 Å². The van der Waals surface area contributed by atoms with Crippen LogP contribution in [0.5, 0.6) is 0 Å². The van der Waals surface area contributed by atoms with Crippen LogP contribution in [0.3, 0.4) is 0 Å². The van der Waals surface area contributed by atoms with Gasteiger partial charge >= 0.3 is 0 Å². The van der Waals surface area contributed by atoms with E-state index in [-0.39, 0.29) is 7.47 Å². The summed E-state index contributed by atoms with van der Waals surface area (Å²) in [6.07, 6.45) is 0. The molecule has 0 nitrogen and oxygen atoms in total. The highest BCUT2D eigenvalue weighted by Crippen LogP contribution is 2.88. The molecular formula is C17H21PSi. The molecule has 0 aromatic heterocycles. The van der Waals surface area contributed by atoms with Gasteiger partial charge in [-0.05, 0) is 11.1 Å². The van der Waals surface area contributed by atoms with Crippen molar-refractivity contribution in [2.75, 3.05) is 0 Å². The maximum atomic E-state index is 2.54. The lowest BCUT2D eigenvalue weighted by Crippen LogP contribution is -2.12. The molecule has 2 heteroatoms. The van der Waals surface area contributed by atoms with Crippen LogP contribution in [0.2, 0.25) is 19.6 Å². The molecule has 19 heavy (non-hydrogen) atoms. The molecule has 1 saturated heterocycles. The third-order valence-electron chi connectivity index (χ3n) is 3.87. The normalized spacial score (nSPS) is 26.2. The highest BCUT2D eigenvalue weighted by molar-refractivity contribution is 8.00. The average molecular weight is 284 g/mol. The van der Waals surface area contributed by atoms with Gasteiger partial charge in [0, 0.05) is 11.3 Å². The van der Waals surface area contributed by atoms with Crippen molar-refractivity contribution in [3.63, 3.8) is 0 Å². The Morgan fingerprint density at radius 2 is 1.05 bits per heavy atom. The highest BCUT2D eigenvalue weighted by atomic mass is 31.4. The Balaban J connectivity index is 1.95. The third kappa shape index (κ3) is 2.55. The standard InChI is InChI=1S/C17H21PSi/c1-19(2,3)18-16(14-10-6-4-7-11-14)17(18)15-12-8-5-9-13-15/h4-13,16-17H,1-3H3/t16-,17-/m1/s1. The molecule has 0 aliphatic carbocycles. The van der Waals surface area contributed by atoms with Crippen molar-refractivity contribution in [1.82, 2.24) is 0 Å².